The van der Waals surface area contributed by atoms with Crippen LogP contribution < -0.4 is 10.9 Å². The van der Waals surface area contributed by atoms with E-state index < -0.39 is 5.97 Å². The minimum Gasteiger partial charge on any atom is -0.478 e. The predicted octanol–water partition coefficient (Wildman–Crippen LogP) is 0.388. The molecule has 0 saturated heterocycles. The highest BCUT2D eigenvalue weighted by Gasteiger charge is 1.97. The molecule has 0 fully saturated rings. The van der Waals surface area contributed by atoms with Gasteiger partial charge in [0.2, 0.25) is 0 Å². The van der Waals surface area contributed by atoms with Crippen LogP contribution in [0, 0.1) is 0 Å². The molecule has 0 saturated carbocycles. The molecular weight excluding hydrogens is 182 g/mol. The maximum Gasteiger partial charge on any atom is 0.335 e. The van der Waals surface area contributed by atoms with E-state index in [-0.39, 0.29) is 5.56 Å². The highest BCUT2D eigenvalue weighted by atomic mass is 16.4. The van der Waals surface area contributed by atoms with Gasteiger partial charge < -0.3 is 10.5 Å². The van der Waals surface area contributed by atoms with Crippen molar-refractivity contribution < 1.29 is 9.90 Å². The second kappa shape index (κ2) is 5.71. The van der Waals surface area contributed by atoms with Crippen LogP contribution in [0.15, 0.2) is 36.8 Å². The summed E-state index contributed by atoms with van der Waals surface area (Å²) in [5.74, 6) is -0.919. The van der Waals surface area contributed by atoms with Crippen LogP contribution in [-0.2, 0) is 0 Å². The number of aromatic nitrogens is 1. The summed E-state index contributed by atoms with van der Waals surface area (Å²) in [6.07, 6.45) is 6.78. The molecule has 2 rings (SSSR count). The lowest BCUT2D eigenvalue weighted by Gasteiger charge is -1.87. The number of carbonyl (C=O) groups is 1. The van der Waals surface area contributed by atoms with Crippen molar-refractivity contribution in [3.05, 3.63) is 42.4 Å². The fraction of sp³-hybridized carbons (Fsp3) is 0.111. The van der Waals surface area contributed by atoms with E-state index in [9.17, 15) is 4.79 Å². The van der Waals surface area contributed by atoms with Crippen molar-refractivity contribution in [1.82, 2.24) is 15.8 Å². The summed E-state index contributed by atoms with van der Waals surface area (Å²) in [5.41, 5.74) is 5.92. The summed E-state index contributed by atoms with van der Waals surface area (Å²) in [7, 11) is 0. The zero-order chi connectivity index (χ0) is 10.2. The van der Waals surface area contributed by atoms with Crippen molar-refractivity contribution >= 4 is 5.97 Å². The maximum atomic E-state index is 10.2. The van der Waals surface area contributed by atoms with Crippen LogP contribution in [0.2, 0.25) is 0 Å². The monoisotopic (exact) mass is 193 g/mol. The lowest BCUT2D eigenvalue weighted by Crippen LogP contribution is -2.19. The second-order valence-corrected chi connectivity index (χ2v) is 2.47. The summed E-state index contributed by atoms with van der Waals surface area (Å²) >= 11 is 0. The van der Waals surface area contributed by atoms with Crippen molar-refractivity contribution in [2.45, 2.75) is 0 Å². The molecule has 74 valence electrons. The number of hydrogen-bond acceptors (Lipinski definition) is 4. The van der Waals surface area contributed by atoms with Crippen molar-refractivity contribution in [1.29, 1.82) is 0 Å². The Hall–Kier alpha value is -1.88. The summed E-state index contributed by atoms with van der Waals surface area (Å²) < 4.78 is 0. The lowest BCUT2D eigenvalue weighted by atomic mass is 10.3. The third-order valence-corrected chi connectivity index (χ3v) is 1.45. The molecule has 0 bridgehead atoms. The number of hydrogen-bond donors (Lipinski definition) is 3. The second-order valence-electron chi connectivity index (χ2n) is 2.47. The van der Waals surface area contributed by atoms with Gasteiger partial charge in [0.25, 0.3) is 0 Å². The molecule has 14 heavy (non-hydrogen) atoms. The number of aromatic carboxylic acids is 1. The molecule has 3 N–H and O–H groups in total. The molecule has 0 aromatic carbocycles. The van der Waals surface area contributed by atoms with E-state index in [1.807, 2.05) is 12.3 Å². The minimum atomic E-state index is -0.919. The van der Waals surface area contributed by atoms with Crippen LogP contribution in [0.5, 0.6) is 0 Å². The molecule has 1 aromatic rings. The molecule has 2 heterocycles. The first-order valence-corrected chi connectivity index (χ1v) is 4.07. The standard InChI is InChI=1S/C6H5NO2.C3H6N2/c8-6(9)5-1-3-7-4-2-5;1-2-4-5-3-1/h1-4H,(H,8,9);1-2,4-5H,3H2. The Morgan fingerprint density at radius 1 is 1.43 bits per heavy atom. The predicted molar refractivity (Wildman–Crippen MR) is 51.5 cm³/mol. The van der Waals surface area contributed by atoms with Crippen LogP contribution in [0.3, 0.4) is 0 Å². The smallest absolute Gasteiger partial charge is 0.335 e. The van der Waals surface area contributed by atoms with Gasteiger partial charge in [0.05, 0.1) is 5.56 Å². The quantitative estimate of drug-likeness (QED) is 0.601. The van der Waals surface area contributed by atoms with E-state index in [4.69, 9.17) is 5.11 Å². The SMILES string of the molecule is C1=CNNC1.O=C(O)c1ccncc1. The van der Waals surface area contributed by atoms with Crippen molar-refractivity contribution in [2.75, 3.05) is 6.54 Å². The fourth-order valence-corrected chi connectivity index (χ4v) is 0.789. The molecule has 0 atom stereocenters. The zero-order valence-electron chi connectivity index (χ0n) is 7.47. The van der Waals surface area contributed by atoms with Crippen molar-refractivity contribution in [3.63, 3.8) is 0 Å². The number of rotatable bonds is 1. The molecule has 0 amide bonds. The molecular formula is C9H11N3O2. The van der Waals surface area contributed by atoms with Crippen LogP contribution in [-0.4, -0.2) is 22.6 Å². The molecule has 5 nitrogen and oxygen atoms in total. The molecule has 5 heteroatoms. The average molecular weight is 193 g/mol. The van der Waals surface area contributed by atoms with Crippen molar-refractivity contribution in [2.24, 2.45) is 0 Å². The minimum absolute atomic E-state index is 0.269. The number of carboxylic acid groups (broad SMARTS) is 1. The maximum absolute atomic E-state index is 10.2. The fourth-order valence-electron chi connectivity index (χ4n) is 0.789. The first kappa shape index (κ1) is 10.2. The van der Waals surface area contributed by atoms with Gasteiger partial charge in [-0.2, -0.15) is 0 Å². The van der Waals surface area contributed by atoms with E-state index in [1.54, 1.807) is 0 Å². The van der Waals surface area contributed by atoms with Gasteiger partial charge in [0.15, 0.2) is 0 Å². The first-order valence-electron chi connectivity index (χ1n) is 4.07. The van der Waals surface area contributed by atoms with Gasteiger partial charge in [-0.3, -0.25) is 4.98 Å². The average Bonchev–Trinajstić information content (AvgIpc) is 2.77. The highest BCUT2D eigenvalue weighted by Crippen LogP contribution is 1.93. The van der Waals surface area contributed by atoms with E-state index in [0.29, 0.717) is 0 Å². The third kappa shape index (κ3) is 3.68. The number of pyridine rings is 1. The largest absolute Gasteiger partial charge is 0.478 e. The topological polar surface area (TPSA) is 74.2 Å². The lowest BCUT2D eigenvalue weighted by molar-refractivity contribution is 0.0697. The third-order valence-electron chi connectivity index (χ3n) is 1.45. The van der Waals surface area contributed by atoms with E-state index in [1.165, 1.54) is 24.5 Å². The summed E-state index contributed by atoms with van der Waals surface area (Å²) in [4.78, 5) is 13.8. The summed E-state index contributed by atoms with van der Waals surface area (Å²) in [6, 6.07) is 2.89. The van der Waals surface area contributed by atoms with E-state index >= 15 is 0 Å². The zero-order valence-corrected chi connectivity index (χ0v) is 7.47. The van der Waals surface area contributed by atoms with Gasteiger partial charge >= 0.3 is 5.97 Å². The van der Waals surface area contributed by atoms with E-state index in [2.05, 4.69) is 15.8 Å². The Labute approximate surface area is 81.4 Å². The molecule has 1 aliphatic heterocycles. The number of carboxylic acids is 1. The Balaban J connectivity index is 0.000000165. The van der Waals surface area contributed by atoms with Crippen LogP contribution >= 0.6 is 0 Å². The number of nitrogens with zero attached hydrogens (tertiary/aromatic N) is 1. The van der Waals surface area contributed by atoms with Crippen molar-refractivity contribution in [3.8, 4) is 0 Å². The van der Waals surface area contributed by atoms with Gasteiger partial charge in [-0.15, -0.1) is 0 Å². The summed E-state index contributed by atoms with van der Waals surface area (Å²) in [6.45, 7) is 0.958. The Kier molecular flexibility index (Phi) is 4.16. The van der Waals surface area contributed by atoms with Gasteiger partial charge in [-0.05, 0) is 12.1 Å². The summed E-state index contributed by atoms with van der Waals surface area (Å²) in [5, 5.41) is 8.36. The van der Waals surface area contributed by atoms with Crippen LogP contribution in [0.1, 0.15) is 10.4 Å². The molecule has 1 aromatic heterocycles. The van der Waals surface area contributed by atoms with Gasteiger partial charge in [-0.1, -0.05) is 6.08 Å². The first-order chi connectivity index (χ1) is 6.80. The molecule has 0 spiro atoms. The highest BCUT2D eigenvalue weighted by molar-refractivity contribution is 5.87. The molecule has 1 aliphatic rings. The Morgan fingerprint density at radius 2 is 2.14 bits per heavy atom. The molecule has 0 unspecified atom stereocenters. The Morgan fingerprint density at radius 3 is 2.43 bits per heavy atom. The van der Waals surface area contributed by atoms with Gasteiger partial charge in [0, 0.05) is 25.1 Å². The number of hydrazine groups is 1. The van der Waals surface area contributed by atoms with Gasteiger partial charge in [-0.25, -0.2) is 10.2 Å². The molecule has 0 aliphatic carbocycles. The normalized spacial score (nSPS) is 12.6. The van der Waals surface area contributed by atoms with Crippen LogP contribution in [0.25, 0.3) is 0 Å². The van der Waals surface area contributed by atoms with Gasteiger partial charge in [0.1, 0.15) is 0 Å². The van der Waals surface area contributed by atoms with Crippen LogP contribution in [0.4, 0.5) is 0 Å². The molecule has 0 radical (unpaired) electrons. The number of nitrogens with one attached hydrogen (secondary N) is 2. The van der Waals surface area contributed by atoms with E-state index in [0.717, 1.165) is 6.54 Å². The Bertz CT molecular complexity index is 305.